The Morgan fingerprint density at radius 2 is 1.82 bits per heavy atom. The van der Waals surface area contributed by atoms with Crippen molar-refractivity contribution in [2.24, 2.45) is 5.41 Å². The van der Waals surface area contributed by atoms with Crippen molar-refractivity contribution in [3.05, 3.63) is 35.9 Å². The van der Waals surface area contributed by atoms with Crippen LogP contribution in [0.1, 0.15) is 45.7 Å². The molecule has 0 heterocycles. The maximum absolute atomic E-state index is 3.52. The van der Waals surface area contributed by atoms with Crippen LogP contribution in [0.15, 0.2) is 30.3 Å². The Labute approximate surface area is 106 Å². The number of rotatable bonds is 4. The highest BCUT2D eigenvalue weighted by atomic mass is 14.9. The van der Waals surface area contributed by atoms with E-state index in [0.29, 0.717) is 11.5 Å². The quantitative estimate of drug-likeness (QED) is 0.775. The van der Waals surface area contributed by atoms with Crippen LogP contribution in [0.5, 0.6) is 0 Å². The topological polar surface area (TPSA) is 12.0 Å². The molecule has 1 atom stereocenters. The van der Waals surface area contributed by atoms with E-state index in [1.807, 2.05) is 6.92 Å². The van der Waals surface area contributed by atoms with Gasteiger partial charge in [0.2, 0.25) is 0 Å². The van der Waals surface area contributed by atoms with Gasteiger partial charge in [-0.25, -0.2) is 0 Å². The summed E-state index contributed by atoms with van der Waals surface area (Å²) in [6, 6.07) is 11.0. The molecule has 0 aliphatic carbocycles. The van der Waals surface area contributed by atoms with E-state index in [1.165, 1.54) is 5.56 Å². The summed E-state index contributed by atoms with van der Waals surface area (Å²) < 4.78 is 0. The average molecular weight is 229 g/mol. The van der Waals surface area contributed by atoms with Crippen molar-refractivity contribution < 1.29 is 0 Å². The van der Waals surface area contributed by atoms with Gasteiger partial charge in [0.15, 0.2) is 0 Å². The van der Waals surface area contributed by atoms with Crippen molar-refractivity contribution in [3.63, 3.8) is 0 Å². The first-order valence-electron chi connectivity index (χ1n) is 6.21. The van der Waals surface area contributed by atoms with Gasteiger partial charge in [-0.05, 0) is 24.3 Å². The van der Waals surface area contributed by atoms with E-state index in [0.717, 1.165) is 13.0 Å². The molecular weight excluding hydrogens is 206 g/mol. The standard InChI is InChI=1S/C16H23N/c1-5-6-12-17-15(13-16(2,3)4)14-10-8-7-9-11-14/h7-11,15,17H,12-13H2,1-4H3. The fourth-order valence-corrected chi connectivity index (χ4v) is 1.87. The van der Waals surface area contributed by atoms with Gasteiger partial charge in [-0.1, -0.05) is 57.0 Å². The summed E-state index contributed by atoms with van der Waals surface area (Å²) in [5, 5.41) is 3.52. The minimum atomic E-state index is 0.313. The molecule has 0 aliphatic rings. The first kappa shape index (κ1) is 13.8. The number of hydrogen-bond donors (Lipinski definition) is 1. The molecule has 0 aliphatic heterocycles. The molecule has 0 bridgehead atoms. The predicted molar refractivity (Wildman–Crippen MR) is 74.7 cm³/mol. The molecule has 1 N–H and O–H groups in total. The lowest BCUT2D eigenvalue weighted by atomic mass is 9.85. The van der Waals surface area contributed by atoms with Gasteiger partial charge in [0.05, 0.1) is 6.54 Å². The smallest absolute Gasteiger partial charge is 0.0581 e. The van der Waals surface area contributed by atoms with Crippen LogP contribution in [-0.4, -0.2) is 6.54 Å². The zero-order valence-corrected chi connectivity index (χ0v) is 11.4. The maximum Gasteiger partial charge on any atom is 0.0581 e. The fraction of sp³-hybridized carbons (Fsp3) is 0.500. The summed E-state index contributed by atoms with van der Waals surface area (Å²) in [6.45, 7) is 9.46. The third-order valence-electron chi connectivity index (χ3n) is 2.63. The zero-order valence-electron chi connectivity index (χ0n) is 11.4. The van der Waals surface area contributed by atoms with Crippen LogP contribution < -0.4 is 5.32 Å². The minimum absolute atomic E-state index is 0.313. The minimum Gasteiger partial charge on any atom is -0.299 e. The molecule has 1 nitrogen and oxygen atoms in total. The Hall–Kier alpha value is -1.26. The van der Waals surface area contributed by atoms with E-state index >= 15 is 0 Å². The second kappa shape index (κ2) is 6.47. The van der Waals surface area contributed by atoms with E-state index in [4.69, 9.17) is 0 Å². The van der Waals surface area contributed by atoms with Gasteiger partial charge >= 0.3 is 0 Å². The highest BCUT2D eigenvalue weighted by Crippen LogP contribution is 2.29. The van der Waals surface area contributed by atoms with Crippen LogP contribution in [0, 0.1) is 17.3 Å². The van der Waals surface area contributed by atoms with Crippen molar-refractivity contribution in [2.75, 3.05) is 6.54 Å². The predicted octanol–water partition coefficient (Wildman–Crippen LogP) is 3.78. The molecule has 1 unspecified atom stereocenters. The van der Waals surface area contributed by atoms with E-state index in [2.05, 4.69) is 68.3 Å². The van der Waals surface area contributed by atoms with Gasteiger partial charge in [0.1, 0.15) is 0 Å². The molecule has 0 saturated heterocycles. The lowest BCUT2D eigenvalue weighted by Crippen LogP contribution is -2.26. The molecule has 0 amide bonds. The van der Waals surface area contributed by atoms with Crippen molar-refractivity contribution >= 4 is 0 Å². The van der Waals surface area contributed by atoms with E-state index in [-0.39, 0.29) is 0 Å². The molecule has 0 spiro atoms. The van der Waals surface area contributed by atoms with Crippen molar-refractivity contribution in [1.29, 1.82) is 0 Å². The number of hydrogen-bond acceptors (Lipinski definition) is 1. The monoisotopic (exact) mass is 229 g/mol. The van der Waals surface area contributed by atoms with Crippen LogP contribution >= 0.6 is 0 Å². The van der Waals surface area contributed by atoms with Crippen molar-refractivity contribution in [2.45, 2.75) is 40.2 Å². The first-order chi connectivity index (χ1) is 8.03. The summed E-state index contributed by atoms with van der Waals surface area (Å²) in [5.74, 6) is 6.00. The lowest BCUT2D eigenvalue weighted by molar-refractivity contribution is 0.317. The van der Waals surface area contributed by atoms with E-state index in [1.54, 1.807) is 0 Å². The summed E-state index contributed by atoms with van der Waals surface area (Å²) in [5.41, 5.74) is 1.66. The van der Waals surface area contributed by atoms with Gasteiger partial charge in [0, 0.05) is 6.04 Å². The zero-order chi connectivity index (χ0) is 12.7. The third kappa shape index (κ3) is 5.56. The molecule has 92 valence electrons. The lowest BCUT2D eigenvalue weighted by Gasteiger charge is -2.26. The fourth-order valence-electron chi connectivity index (χ4n) is 1.87. The molecule has 1 aromatic carbocycles. The molecular formula is C16H23N. The number of nitrogens with one attached hydrogen (secondary N) is 1. The van der Waals surface area contributed by atoms with Crippen LogP contribution in [0.25, 0.3) is 0 Å². The van der Waals surface area contributed by atoms with Gasteiger partial charge in [-0.3, -0.25) is 5.32 Å². The van der Waals surface area contributed by atoms with Crippen LogP contribution in [-0.2, 0) is 0 Å². The molecule has 0 fully saturated rings. The van der Waals surface area contributed by atoms with E-state index in [9.17, 15) is 0 Å². The molecule has 1 rings (SSSR count). The Kier molecular flexibility index (Phi) is 5.25. The van der Waals surface area contributed by atoms with Crippen LogP contribution in [0.4, 0.5) is 0 Å². The van der Waals surface area contributed by atoms with Gasteiger partial charge in [-0.2, -0.15) is 0 Å². The molecule has 0 saturated carbocycles. The van der Waals surface area contributed by atoms with Gasteiger partial charge in [0.25, 0.3) is 0 Å². The summed E-state index contributed by atoms with van der Waals surface area (Å²) in [6.07, 6.45) is 1.11. The van der Waals surface area contributed by atoms with Crippen molar-refractivity contribution in [3.8, 4) is 11.8 Å². The summed E-state index contributed by atoms with van der Waals surface area (Å²) in [4.78, 5) is 0. The maximum atomic E-state index is 3.52. The average Bonchev–Trinajstić information content (AvgIpc) is 2.28. The largest absolute Gasteiger partial charge is 0.299 e. The Morgan fingerprint density at radius 1 is 1.18 bits per heavy atom. The Balaban J connectivity index is 2.74. The third-order valence-corrected chi connectivity index (χ3v) is 2.63. The molecule has 17 heavy (non-hydrogen) atoms. The van der Waals surface area contributed by atoms with Gasteiger partial charge < -0.3 is 0 Å². The second-order valence-corrected chi connectivity index (χ2v) is 5.54. The molecule has 1 heteroatoms. The van der Waals surface area contributed by atoms with Crippen molar-refractivity contribution in [1.82, 2.24) is 5.32 Å². The van der Waals surface area contributed by atoms with Crippen LogP contribution in [0.3, 0.4) is 0 Å². The molecule has 0 radical (unpaired) electrons. The highest BCUT2D eigenvalue weighted by molar-refractivity contribution is 5.19. The summed E-state index contributed by atoms with van der Waals surface area (Å²) in [7, 11) is 0. The normalized spacial score (nSPS) is 12.7. The summed E-state index contributed by atoms with van der Waals surface area (Å²) >= 11 is 0. The first-order valence-corrected chi connectivity index (χ1v) is 6.21. The van der Waals surface area contributed by atoms with E-state index < -0.39 is 0 Å². The second-order valence-electron chi connectivity index (χ2n) is 5.54. The van der Waals surface area contributed by atoms with Crippen LogP contribution in [0.2, 0.25) is 0 Å². The van der Waals surface area contributed by atoms with Gasteiger partial charge in [-0.15, -0.1) is 5.92 Å². The Bertz CT molecular complexity index is 375. The Morgan fingerprint density at radius 3 is 2.35 bits per heavy atom. The molecule has 1 aromatic rings. The SMILES string of the molecule is CC#CCNC(CC(C)(C)C)c1ccccc1. The molecule has 0 aromatic heterocycles. The highest BCUT2D eigenvalue weighted by Gasteiger charge is 2.19. The number of benzene rings is 1.